The molecule has 1 unspecified atom stereocenters. The second-order valence-corrected chi connectivity index (χ2v) is 6.24. The van der Waals surface area contributed by atoms with E-state index < -0.39 is 0 Å². The third kappa shape index (κ3) is 8.05. The van der Waals surface area contributed by atoms with Crippen molar-refractivity contribution in [1.82, 2.24) is 5.32 Å². The monoisotopic (exact) mass is 308 g/mol. The highest BCUT2D eigenvalue weighted by atomic mass is 35.5. The van der Waals surface area contributed by atoms with Crippen LogP contribution >= 0.6 is 24.2 Å². The van der Waals surface area contributed by atoms with E-state index in [4.69, 9.17) is 5.73 Å². The van der Waals surface area contributed by atoms with Crippen LogP contribution in [-0.2, 0) is 4.79 Å². The van der Waals surface area contributed by atoms with E-state index in [0.717, 1.165) is 18.6 Å². The topological polar surface area (TPSA) is 55.1 Å². The van der Waals surface area contributed by atoms with Gasteiger partial charge in [0.25, 0.3) is 0 Å². The van der Waals surface area contributed by atoms with Crippen LogP contribution in [0.2, 0.25) is 0 Å². The first kappa shape index (κ1) is 19.1. The summed E-state index contributed by atoms with van der Waals surface area (Å²) < 4.78 is 0. The molecular formula is C14H29ClN2OS. The second kappa shape index (κ2) is 11.9. The molecule has 0 aromatic heterocycles. The Morgan fingerprint density at radius 1 is 1.32 bits per heavy atom. The van der Waals surface area contributed by atoms with Crippen molar-refractivity contribution in [2.24, 2.45) is 11.7 Å². The number of amides is 1. The average Bonchev–Trinajstić information content (AvgIpc) is 2.42. The molecule has 1 amide bonds. The second-order valence-electron chi connectivity index (χ2n) is 5.26. The van der Waals surface area contributed by atoms with Gasteiger partial charge in [0.05, 0.1) is 0 Å². The minimum atomic E-state index is 0. The highest BCUT2D eigenvalue weighted by Crippen LogP contribution is 2.26. The minimum Gasteiger partial charge on any atom is -0.352 e. The van der Waals surface area contributed by atoms with Gasteiger partial charge < -0.3 is 11.1 Å². The molecule has 0 aromatic rings. The fourth-order valence-corrected chi connectivity index (χ4v) is 3.21. The lowest BCUT2D eigenvalue weighted by Crippen LogP contribution is -2.45. The third-order valence-electron chi connectivity index (χ3n) is 3.82. The van der Waals surface area contributed by atoms with E-state index in [9.17, 15) is 4.79 Å². The molecule has 0 heterocycles. The van der Waals surface area contributed by atoms with Crippen LogP contribution < -0.4 is 11.1 Å². The van der Waals surface area contributed by atoms with Crippen LogP contribution in [-0.4, -0.2) is 30.5 Å². The summed E-state index contributed by atoms with van der Waals surface area (Å²) in [4.78, 5) is 11.8. The molecule has 114 valence electrons. The zero-order valence-electron chi connectivity index (χ0n) is 12.0. The maximum absolute atomic E-state index is 11.8. The number of carbonyl (C=O) groups is 1. The molecule has 0 spiro atoms. The van der Waals surface area contributed by atoms with Crippen LogP contribution in [0, 0.1) is 5.92 Å². The lowest BCUT2D eigenvalue weighted by Gasteiger charge is -2.30. The summed E-state index contributed by atoms with van der Waals surface area (Å²) in [6.45, 7) is 0.585. The largest absolute Gasteiger partial charge is 0.352 e. The number of hydrogen-bond acceptors (Lipinski definition) is 3. The molecule has 0 aliphatic heterocycles. The van der Waals surface area contributed by atoms with Crippen molar-refractivity contribution in [1.29, 1.82) is 0 Å². The average molecular weight is 309 g/mol. The molecule has 1 aliphatic rings. The Bertz CT molecular complexity index is 235. The number of halogens is 1. The summed E-state index contributed by atoms with van der Waals surface area (Å²) in [5.41, 5.74) is 5.81. The van der Waals surface area contributed by atoms with E-state index in [-0.39, 0.29) is 24.4 Å². The SMILES string of the molecule is CSCCCCC(=O)NC(CN)C1CCCCC1.Cl. The lowest BCUT2D eigenvalue weighted by atomic mass is 9.84. The van der Waals surface area contributed by atoms with Crippen molar-refractivity contribution in [3.8, 4) is 0 Å². The van der Waals surface area contributed by atoms with E-state index in [0.29, 0.717) is 18.9 Å². The van der Waals surface area contributed by atoms with Crippen LogP contribution in [0.1, 0.15) is 51.4 Å². The minimum absolute atomic E-state index is 0. The smallest absolute Gasteiger partial charge is 0.220 e. The van der Waals surface area contributed by atoms with Crippen molar-refractivity contribution in [2.75, 3.05) is 18.6 Å². The summed E-state index contributed by atoms with van der Waals surface area (Å²) >= 11 is 1.84. The van der Waals surface area contributed by atoms with Gasteiger partial charge in [-0.1, -0.05) is 19.3 Å². The summed E-state index contributed by atoms with van der Waals surface area (Å²) in [5.74, 6) is 1.95. The summed E-state index contributed by atoms with van der Waals surface area (Å²) in [7, 11) is 0. The van der Waals surface area contributed by atoms with Gasteiger partial charge in [-0.25, -0.2) is 0 Å². The van der Waals surface area contributed by atoms with Crippen LogP contribution in [0.3, 0.4) is 0 Å². The Kier molecular flexibility index (Phi) is 11.9. The van der Waals surface area contributed by atoms with Gasteiger partial charge in [-0.2, -0.15) is 11.8 Å². The Labute approximate surface area is 128 Å². The molecule has 1 aliphatic carbocycles. The first-order valence-electron chi connectivity index (χ1n) is 7.26. The number of carbonyl (C=O) groups excluding carboxylic acids is 1. The predicted molar refractivity (Wildman–Crippen MR) is 87.0 cm³/mol. The Morgan fingerprint density at radius 2 is 2.00 bits per heavy atom. The first-order valence-corrected chi connectivity index (χ1v) is 8.65. The standard InChI is InChI=1S/C14H28N2OS.ClH/c1-18-10-6-5-9-14(17)16-13(11-15)12-7-3-2-4-8-12;/h12-13H,2-11,15H2,1H3,(H,16,17);1H. The van der Waals surface area contributed by atoms with Crippen molar-refractivity contribution >= 4 is 30.1 Å². The molecule has 1 saturated carbocycles. The molecule has 0 bridgehead atoms. The first-order chi connectivity index (χ1) is 8.77. The Balaban J connectivity index is 0.00000324. The van der Waals surface area contributed by atoms with E-state index in [1.54, 1.807) is 0 Å². The van der Waals surface area contributed by atoms with Crippen LogP contribution in [0.15, 0.2) is 0 Å². The summed E-state index contributed by atoms with van der Waals surface area (Å²) in [5, 5.41) is 3.14. The molecule has 1 rings (SSSR count). The molecule has 1 atom stereocenters. The van der Waals surface area contributed by atoms with Crippen LogP contribution in [0.25, 0.3) is 0 Å². The molecule has 0 saturated heterocycles. The number of nitrogens with one attached hydrogen (secondary N) is 1. The number of nitrogens with two attached hydrogens (primary N) is 1. The Hall–Kier alpha value is 0.0700. The molecule has 3 N–H and O–H groups in total. The molecule has 5 heteroatoms. The van der Waals surface area contributed by atoms with Gasteiger partial charge in [0.15, 0.2) is 0 Å². The number of hydrogen-bond donors (Lipinski definition) is 2. The fraction of sp³-hybridized carbons (Fsp3) is 0.929. The quantitative estimate of drug-likeness (QED) is 0.678. The number of thioether (sulfide) groups is 1. The van der Waals surface area contributed by atoms with Gasteiger partial charge >= 0.3 is 0 Å². The fourth-order valence-electron chi connectivity index (χ4n) is 2.72. The predicted octanol–water partition coefficient (Wildman–Crippen LogP) is 2.97. The van der Waals surface area contributed by atoms with Gasteiger partial charge in [0.2, 0.25) is 5.91 Å². The van der Waals surface area contributed by atoms with E-state index in [1.807, 2.05) is 11.8 Å². The molecule has 3 nitrogen and oxygen atoms in total. The molecule has 1 fully saturated rings. The third-order valence-corrected chi connectivity index (χ3v) is 4.52. The zero-order chi connectivity index (χ0) is 13.2. The zero-order valence-corrected chi connectivity index (χ0v) is 13.7. The Morgan fingerprint density at radius 3 is 2.58 bits per heavy atom. The highest BCUT2D eigenvalue weighted by molar-refractivity contribution is 7.98. The van der Waals surface area contributed by atoms with Gasteiger partial charge in [0.1, 0.15) is 0 Å². The van der Waals surface area contributed by atoms with Gasteiger partial charge in [-0.15, -0.1) is 12.4 Å². The maximum atomic E-state index is 11.8. The van der Waals surface area contributed by atoms with Crippen molar-refractivity contribution in [3.63, 3.8) is 0 Å². The number of rotatable bonds is 8. The normalized spacial score (nSPS) is 17.6. The van der Waals surface area contributed by atoms with Gasteiger partial charge in [-0.3, -0.25) is 4.79 Å². The van der Waals surface area contributed by atoms with Gasteiger partial charge in [-0.05, 0) is 43.6 Å². The summed E-state index contributed by atoms with van der Waals surface area (Å²) in [6, 6.07) is 0.207. The van der Waals surface area contributed by atoms with E-state index >= 15 is 0 Å². The van der Waals surface area contributed by atoms with Crippen molar-refractivity contribution in [2.45, 2.75) is 57.4 Å². The maximum Gasteiger partial charge on any atom is 0.220 e. The summed E-state index contributed by atoms with van der Waals surface area (Å²) in [6.07, 6.45) is 11.3. The molecule has 19 heavy (non-hydrogen) atoms. The molecule has 0 aromatic carbocycles. The number of unbranched alkanes of at least 4 members (excludes halogenated alkanes) is 1. The lowest BCUT2D eigenvalue weighted by molar-refractivity contribution is -0.122. The molecular weight excluding hydrogens is 280 g/mol. The van der Waals surface area contributed by atoms with Crippen LogP contribution in [0.4, 0.5) is 0 Å². The van der Waals surface area contributed by atoms with Crippen molar-refractivity contribution < 1.29 is 4.79 Å². The van der Waals surface area contributed by atoms with E-state index in [1.165, 1.54) is 32.1 Å². The van der Waals surface area contributed by atoms with Crippen LogP contribution in [0.5, 0.6) is 0 Å². The van der Waals surface area contributed by atoms with Crippen molar-refractivity contribution in [3.05, 3.63) is 0 Å². The highest BCUT2D eigenvalue weighted by Gasteiger charge is 2.23. The van der Waals surface area contributed by atoms with E-state index in [2.05, 4.69) is 11.6 Å². The van der Waals surface area contributed by atoms with Gasteiger partial charge in [0, 0.05) is 19.0 Å². The molecule has 0 radical (unpaired) electrons.